The Bertz CT molecular complexity index is 674. The summed E-state index contributed by atoms with van der Waals surface area (Å²) in [6.45, 7) is 5.97. The van der Waals surface area contributed by atoms with E-state index >= 15 is 0 Å². The molecule has 5 heteroatoms. The fourth-order valence-corrected chi connectivity index (χ4v) is 2.67. The van der Waals surface area contributed by atoms with Crippen LogP contribution in [-0.2, 0) is 4.74 Å². The molecule has 22 heavy (non-hydrogen) atoms. The fraction of sp³-hybridized carbons (Fsp3) is 0.294. The molecule has 0 unspecified atom stereocenters. The van der Waals surface area contributed by atoms with E-state index < -0.39 is 5.97 Å². The molecular weight excluding hydrogens is 298 g/mol. The Balaban J connectivity index is 2.47. The Morgan fingerprint density at radius 2 is 1.86 bits per heavy atom. The normalized spacial score (nSPS) is 10.5. The molecule has 1 aromatic heterocycles. The number of nitrogens with one attached hydrogen (secondary N) is 1. The summed E-state index contributed by atoms with van der Waals surface area (Å²) in [5.41, 5.74) is 3.49. The van der Waals surface area contributed by atoms with Gasteiger partial charge in [0.25, 0.3) is 0 Å². The van der Waals surface area contributed by atoms with Gasteiger partial charge in [-0.1, -0.05) is 48.5 Å². The average molecular weight is 317 g/mol. The maximum absolute atomic E-state index is 12.3. The Morgan fingerprint density at radius 1 is 1.18 bits per heavy atom. The second-order valence-electron chi connectivity index (χ2n) is 4.78. The number of ether oxygens (including phenoxy) is 1. The second kappa shape index (κ2) is 7.31. The zero-order chi connectivity index (χ0) is 16.1. The van der Waals surface area contributed by atoms with Crippen molar-refractivity contribution in [3.05, 3.63) is 47.2 Å². The zero-order valence-electron chi connectivity index (χ0n) is 12.9. The average Bonchev–Trinajstić information content (AvgIpc) is 2.94. The van der Waals surface area contributed by atoms with Crippen LogP contribution in [0.3, 0.4) is 0 Å². The predicted molar refractivity (Wildman–Crippen MR) is 89.4 cm³/mol. The van der Waals surface area contributed by atoms with Crippen molar-refractivity contribution in [1.82, 2.24) is 4.98 Å². The lowest BCUT2D eigenvalue weighted by atomic mass is 10.1. The molecule has 1 heterocycles. The van der Waals surface area contributed by atoms with Gasteiger partial charge in [-0.2, -0.15) is 0 Å². The van der Waals surface area contributed by atoms with Crippen LogP contribution in [0, 0.1) is 6.92 Å². The number of hydrogen-bond acceptors (Lipinski definition) is 4. The minimum atomic E-state index is -0.448. The number of aromatic amines is 1. The molecule has 0 radical (unpaired) electrons. The van der Waals surface area contributed by atoms with Gasteiger partial charge in [0.05, 0.1) is 17.9 Å². The monoisotopic (exact) mass is 317 g/mol. The molecule has 1 N–H and O–H groups in total. The highest BCUT2D eigenvalue weighted by Crippen LogP contribution is 2.28. The van der Waals surface area contributed by atoms with Gasteiger partial charge in [-0.25, -0.2) is 4.79 Å². The smallest absolute Gasteiger partial charge is 0.354 e. The molecule has 0 bridgehead atoms. The zero-order valence-corrected chi connectivity index (χ0v) is 13.8. The van der Waals surface area contributed by atoms with Crippen molar-refractivity contribution in [1.29, 1.82) is 0 Å². The van der Waals surface area contributed by atoms with E-state index in [1.165, 1.54) is 11.8 Å². The second-order valence-corrected chi connectivity index (χ2v) is 6.02. The fourth-order valence-electron chi connectivity index (χ4n) is 2.09. The number of rotatable bonds is 5. The van der Waals surface area contributed by atoms with Crippen LogP contribution in [0.15, 0.2) is 30.3 Å². The molecule has 116 valence electrons. The lowest BCUT2D eigenvalue weighted by Gasteiger charge is -2.03. The molecule has 0 fully saturated rings. The first-order valence-electron chi connectivity index (χ1n) is 7.21. The molecular formula is C17H19NO3S. The van der Waals surface area contributed by atoms with Gasteiger partial charge in [0.15, 0.2) is 0 Å². The molecule has 0 aliphatic rings. The number of thioether (sulfide) groups is 1. The van der Waals surface area contributed by atoms with Crippen molar-refractivity contribution in [2.24, 2.45) is 0 Å². The molecule has 2 aromatic rings. The van der Waals surface area contributed by atoms with E-state index in [0.717, 1.165) is 11.1 Å². The molecule has 0 atom stereocenters. The van der Waals surface area contributed by atoms with E-state index in [1.807, 2.05) is 38.1 Å². The Morgan fingerprint density at radius 3 is 2.45 bits per heavy atom. The van der Waals surface area contributed by atoms with E-state index in [-0.39, 0.29) is 5.12 Å². The van der Waals surface area contributed by atoms with Gasteiger partial charge < -0.3 is 9.72 Å². The van der Waals surface area contributed by atoms with Gasteiger partial charge in [-0.15, -0.1) is 0 Å². The van der Waals surface area contributed by atoms with Crippen LogP contribution in [0.1, 0.15) is 40.3 Å². The van der Waals surface area contributed by atoms with Crippen LogP contribution < -0.4 is 0 Å². The van der Waals surface area contributed by atoms with Crippen molar-refractivity contribution in [2.75, 3.05) is 12.4 Å². The highest BCUT2D eigenvalue weighted by Gasteiger charge is 2.20. The minimum absolute atomic E-state index is 0.0510. The van der Waals surface area contributed by atoms with Crippen LogP contribution in [0.2, 0.25) is 0 Å². The van der Waals surface area contributed by atoms with E-state index in [4.69, 9.17) is 4.74 Å². The van der Waals surface area contributed by atoms with Crippen LogP contribution in [0.5, 0.6) is 0 Å². The summed E-state index contributed by atoms with van der Waals surface area (Å²) in [6, 6.07) is 9.40. The van der Waals surface area contributed by atoms with E-state index in [0.29, 0.717) is 29.3 Å². The summed E-state index contributed by atoms with van der Waals surface area (Å²) in [7, 11) is 0. The first-order chi connectivity index (χ1) is 10.6. The Labute approximate surface area is 134 Å². The van der Waals surface area contributed by atoms with Crippen LogP contribution in [-0.4, -0.2) is 28.4 Å². The predicted octanol–water partition coefficient (Wildman–Crippen LogP) is 4.06. The number of carbonyl (C=O) groups excluding carboxylic acids is 2. The third-order valence-electron chi connectivity index (χ3n) is 3.15. The maximum Gasteiger partial charge on any atom is 0.354 e. The lowest BCUT2D eigenvalue weighted by molar-refractivity contribution is 0.0520. The molecule has 2 rings (SSSR count). The van der Waals surface area contributed by atoms with Crippen LogP contribution in [0.25, 0.3) is 11.3 Å². The quantitative estimate of drug-likeness (QED) is 0.845. The molecule has 0 saturated carbocycles. The summed E-state index contributed by atoms with van der Waals surface area (Å²) in [6.07, 6.45) is 0. The highest BCUT2D eigenvalue weighted by molar-refractivity contribution is 8.14. The van der Waals surface area contributed by atoms with Gasteiger partial charge in [0, 0.05) is 0 Å². The van der Waals surface area contributed by atoms with E-state index in [2.05, 4.69) is 4.98 Å². The summed E-state index contributed by atoms with van der Waals surface area (Å²) >= 11 is 1.22. The molecule has 1 aromatic carbocycles. The third kappa shape index (κ3) is 3.60. The lowest BCUT2D eigenvalue weighted by Crippen LogP contribution is -2.04. The molecule has 0 aliphatic heterocycles. The molecule has 0 aliphatic carbocycles. The SMILES string of the molecule is CCOC(=O)c1cc(C(=O)SCC)c(-c2ccc(C)cc2)[nH]1. The third-order valence-corrected chi connectivity index (χ3v) is 3.92. The van der Waals surface area contributed by atoms with E-state index in [1.54, 1.807) is 13.0 Å². The number of hydrogen-bond donors (Lipinski definition) is 1. The van der Waals surface area contributed by atoms with Crippen molar-refractivity contribution in [3.63, 3.8) is 0 Å². The van der Waals surface area contributed by atoms with Crippen molar-refractivity contribution in [3.8, 4) is 11.3 Å². The van der Waals surface area contributed by atoms with Gasteiger partial charge in [-0.05, 0) is 31.2 Å². The number of carbonyl (C=O) groups is 2. The molecule has 4 nitrogen and oxygen atoms in total. The topological polar surface area (TPSA) is 59.2 Å². The summed E-state index contributed by atoms with van der Waals surface area (Å²) in [5.74, 6) is 0.239. The minimum Gasteiger partial charge on any atom is -0.461 e. The van der Waals surface area contributed by atoms with Gasteiger partial charge >= 0.3 is 5.97 Å². The van der Waals surface area contributed by atoms with E-state index in [9.17, 15) is 9.59 Å². The van der Waals surface area contributed by atoms with Gasteiger partial charge in [-0.3, -0.25) is 4.79 Å². The first-order valence-corrected chi connectivity index (χ1v) is 8.19. The largest absolute Gasteiger partial charge is 0.461 e. The first kappa shape index (κ1) is 16.4. The van der Waals surface area contributed by atoms with Crippen LogP contribution in [0.4, 0.5) is 0 Å². The number of benzene rings is 1. The van der Waals surface area contributed by atoms with Crippen molar-refractivity contribution < 1.29 is 14.3 Å². The standard InChI is InChI=1S/C17H19NO3S/c1-4-21-16(19)14-10-13(17(20)22-5-2)15(18-14)12-8-6-11(3)7-9-12/h6-10,18H,4-5H2,1-3H3. The van der Waals surface area contributed by atoms with Gasteiger partial charge in [0.2, 0.25) is 5.12 Å². The van der Waals surface area contributed by atoms with Crippen LogP contribution >= 0.6 is 11.8 Å². The number of aryl methyl sites for hydroxylation is 1. The summed E-state index contributed by atoms with van der Waals surface area (Å²) in [4.78, 5) is 27.2. The molecule has 0 spiro atoms. The number of esters is 1. The Kier molecular flexibility index (Phi) is 5.44. The number of H-pyrrole nitrogens is 1. The van der Waals surface area contributed by atoms with Gasteiger partial charge in [0.1, 0.15) is 5.69 Å². The summed E-state index contributed by atoms with van der Waals surface area (Å²) < 4.78 is 5.00. The van der Waals surface area contributed by atoms with Crippen molar-refractivity contribution >= 4 is 22.8 Å². The Hall–Kier alpha value is -2.01. The maximum atomic E-state index is 12.3. The molecule has 0 saturated heterocycles. The van der Waals surface area contributed by atoms with Crippen molar-refractivity contribution in [2.45, 2.75) is 20.8 Å². The highest BCUT2D eigenvalue weighted by atomic mass is 32.2. The molecule has 0 amide bonds. The summed E-state index contributed by atoms with van der Waals surface area (Å²) in [5, 5.41) is -0.0510. The number of aromatic nitrogens is 1.